The third kappa shape index (κ3) is 2.60. The van der Waals surface area contributed by atoms with Gasteiger partial charge in [0.15, 0.2) is 0 Å². The van der Waals surface area contributed by atoms with Crippen LogP contribution in [-0.2, 0) is 10.0 Å². The number of benzene rings is 1. The van der Waals surface area contributed by atoms with Gasteiger partial charge in [-0.15, -0.1) is 17.9 Å². The summed E-state index contributed by atoms with van der Waals surface area (Å²) in [4.78, 5) is 1.24. The molecule has 0 saturated heterocycles. The lowest BCUT2D eigenvalue weighted by Gasteiger charge is -2.20. The average Bonchev–Trinajstić information content (AvgIpc) is 3.16. The van der Waals surface area contributed by atoms with Crippen LogP contribution in [0.3, 0.4) is 0 Å². The second-order valence-corrected chi connectivity index (χ2v) is 7.87. The molecule has 6 heteroatoms. The maximum absolute atomic E-state index is 12.8. The minimum atomic E-state index is -3.66. The Balaban J connectivity index is 2.01. The standard InChI is InChI=1S/C16H16N2O2S2/c1-3-13-11-15(16-5-4-10-21-16)17-18(13)22(19,20)14-8-6-12(2)7-9-14/h3-10,13H,1,11H2,2H3/t13-/m0/s1. The molecular formula is C16H16N2O2S2. The van der Waals surface area contributed by atoms with Gasteiger partial charge < -0.3 is 0 Å². The van der Waals surface area contributed by atoms with E-state index in [4.69, 9.17) is 0 Å². The van der Waals surface area contributed by atoms with Gasteiger partial charge in [-0.1, -0.05) is 29.8 Å². The molecule has 0 unspecified atom stereocenters. The summed E-state index contributed by atoms with van der Waals surface area (Å²) in [6.07, 6.45) is 2.19. The second-order valence-electron chi connectivity index (χ2n) is 5.12. The summed E-state index contributed by atoms with van der Waals surface area (Å²) in [5.41, 5.74) is 1.80. The van der Waals surface area contributed by atoms with E-state index < -0.39 is 10.0 Å². The van der Waals surface area contributed by atoms with E-state index in [1.54, 1.807) is 41.7 Å². The van der Waals surface area contributed by atoms with Crippen LogP contribution in [0.25, 0.3) is 0 Å². The largest absolute Gasteiger partial charge is 0.279 e. The minimum absolute atomic E-state index is 0.251. The molecule has 1 aromatic heterocycles. The first-order chi connectivity index (χ1) is 10.5. The highest BCUT2D eigenvalue weighted by Crippen LogP contribution is 2.29. The number of thiophene rings is 1. The molecule has 0 N–H and O–H groups in total. The molecule has 0 spiro atoms. The molecule has 0 radical (unpaired) electrons. The maximum Gasteiger partial charge on any atom is 0.279 e. The predicted octanol–water partition coefficient (Wildman–Crippen LogP) is 3.41. The van der Waals surface area contributed by atoms with Crippen molar-refractivity contribution in [2.45, 2.75) is 24.3 Å². The first-order valence-electron chi connectivity index (χ1n) is 6.87. The Morgan fingerprint density at radius 3 is 2.64 bits per heavy atom. The fourth-order valence-electron chi connectivity index (χ4n) is 2.33. The summed E-state index contributed by atoms with van der Waals surface area (Å²) in [5.74, 6) is 0. The van der Waals surface area contributed by atoms with Gasteiger partial charge in [0.1, 0.15) is 0 Å². The first kappa shape index (κ1) is 15.0. The molecule has 1 aliphatic heterocycles. The van der Waals surface area contributed by atoms with Gasteiger partial charge in [-0.05, 0) is 30.5 Å². The van der Waals surface area contributed by atoms with Crippen LogP contribution in [0.2, 0.25) is 0 Å². The molecule has 1 aromatic carbocycles. The Morgan fingerprint density at radius 1 is 1.32 bits per heavy atom. The van der Waals surface area contributed by atoms with Crippen molar-refractivity contribution in [2.24, 2.45) is 5.10 Å². The molecule has 4 nitrogen and oxygen atoms in total. The summed E-state index contributed by atoms with van der Waals surface area (Å²) >= 11 is 1.56. The van der Waals surface area contributed by atoms with Crippen molar-refractivity contribution in [3.05, 3.63) is 64.9 Å². The van der Waals surface area contributed by atoms with Gasteiger partial charge in [-0.3, -0.25) is 0 Å². The molecule has 0 fully saturated rings. The molecule has 2 aromatic rings. The van der Waals surface area contributed by atoms with Crippen molar-refractivity contribution in [1.29, 1.82) is 0 Å². The fourth-order valence-corrected chi connectivity index (χ4v) is 4.47. The van der Waals surface area contributed by atoms with Gasteiger partial charge in [-0.25, -0.2) is 0 Å². The zero-order valence-corrected chi connectivity index (χ0v) is 13.8. The zero-order valence-electron chi connectivity index (χ0n) is 12.1. The monoisotopic (exact) mass is 332 g/mol. The Labute approximate surface area is 134 Å². The molecule has 114 valence electrons. The molecular weight excluding hydrogens is 316 g/mol. The molecule has 22 heavy (non-hydrogen) atoms. The molecule has 0 aliphatic carbocycles. The van der Waals surface area contributed by atoms with Crippen LogP contribution in [-0.4, -0.2) is 24.6 Å². The van der Waals surface area contributed by atoms with Crippen molar-refractivity contribution in [3.8, 4) is 0 Å². The highest BCUT2D eigenvalue weighted by atomic mass is 32.2. The second kappa shape index (κ2) is 5.70. The van der Waals surface area contributed by atoms with E-state index in [1.165, 1.54) is 4.41 Å². The predicted molar refractivity (Wildman–Crippen MR) is 89.7 cm³/mol. The van der Waals surface area contributed by atoms with E-state index in [0.717, 1.165) is 16.2 Å². The van der Waals surface area contributed by atoms with Crippen molar-refractivity contribution >= 4 is 27.1 Å². The Kier molecular flexibility index (Phi) is 3.88. The van der Waals surface area contributed by atoms with Gasteiger partial charge in [0.2, 0.25) is 0 Å². The molecule has 1 aliphatic rings. The van der Waals surface area contributed by atoms with Crippen molar-refractivity contribution in [3.63, 3.8) is 0 Å². The van der Waals surface area contributed by atoms with Crippen LogP contribution in [0.4, 0.5) is 0 Å². The van der Waals surface area contributed by atoms with Crippen LogP contribution < -0.4 is 0 Å². The van der Waals surface area contributed by atoms with E-state index >= 15 is 0 Å². The Morgan fingerprint density at radius 2 is 2.05 bits per heavy atom. The van der Waals surface area contributed by atoms with E-state index in [-0.39, 0.29) is 10.9 Å². The van der Waals surface area contributed by atoms with Gasteiger partial charge in [0.25, 0.3) is 10.0 Å². The van der Waals surface area contributed by atoms with Crippen molar-refractivity contribution < 1.29 is 8.42 Å². The number of aryl methyl sites for hydroxylation is 1. The number of hydrazone groups is 1. The summed E-state index contributed by atoms with van der Waals surface area (Å²) in [5, 5.41) is 6.31. The number of rotatable bonds is 4. The Bertz CT molecular complexity index is 806. The van der Waals surface area contributed by atoms with Crippen molar-refractivity contribution in [1.82, 2.24) is 4.41 Å². The molecule has 1 atom stereocenters. The number of hydrogen-bond acceptors (Lipinski definition) is 4. The van der Waals surface area contributed by atoms with Crippen LogP contribution in [0, 0.1) is 6.92 Å². The lowest BCUT2D eigenvalue weighted by atomic mass is 10.1. The van der Waals surface area contributed by atoms with Gasteiger partial charge in [-0.2, -0.15) is 17.9 Å². The summed E-state index contributed by atoms with van der Waals surface area (Å²) in [6, 6.07) is 10.3. The van der Waals surface area contributed by atoms with Gasteiger partial charge in [0.05, 0.1) is 21.5 Å². The number of hydrogen-bond donors (Lipinski definition) is 0. The first-order valence-corrected chi connectivity index (χ1v) is 9.19. The van der Waals surface area contributed by atoms with Crippen LogP contribution in [0.1, 0.15) is 16.9 Å². The summed E-state index contributed by atoms with van der Waals surface area (Å²) in [6.45, 7) is 5.68. The third-order valence-electron chi connectivity index (χ3n) is 3.55. The molecule has 0 amide bonds. The molecule has 2 heterocycles. The smallest absolute Gasteiger partial charge is 0.200 e. The van der Waals surface area contributed by atoms with E-state index in [9.17, 15) is 8.42 Å². The topological polar surface area (TPSA) is 49.7 Å². The zero-order chi connectivity index (χ0) is 15.7. The third-order valence-corrected chi connectivity index (χ3v) is 6.18. The highest BCUT2D eigenvalue weighted by molar-refractivity contribution is 7.89. The normalized spacial score (nSPS) is 18.3. The van der Waals surface area contributed by atoms with Gasteiger partial charge in [0, 0.05) is 6.42 Å². The van der Waals surface area contributed by atoms with Crippen LogP contribution >= 0.6 is 11.3 Å². The lowest BCUT2D eigenvalue weighted by molar-refractivity contribution is 0.409. The SMILES string of the molecule is C=C[C@H]1CC(c2cccs2)=NN1S(=O)(=O)c1ccc(C)cc1. The lowest BCUT2D eigenvalue weighted by Crippen LogP contribution is -2.31. The minimum Gasteiger partial charge on any atom is -0.200 e. The van der Waals surface area contributed by atoms with Crippen LogP contribution in [0.15, 0.2) is 64.4 Å². The highest BCUT2D eigenvalue weighted by Gasteiger charge is 2.35. The van der Waals surface area contributed by atoms with E-state index in [2.05, 4.69) is 11.7 Å². The molecule has 0 bridgehead atoms. The van der Waals surface area contributed by atoms with E-state index in [0.29, 0.717) is 6.42 Å². The summed E-state index contributed by atoms with van der Waals surface area (Å²) in [7, 11) is -3.66. The number of sulfonamides is 1. The molecule has 3 rings (SSSR count). The average molecular weight is 332 g/mol. The molecule has 0 saturated carbocycles. The fraction of sp³-hybridized carbons (Fsp3) is 0.188. The van der Waals surface area contributed by atoms with Gasteiger partial charge >= 0.3 is 0 Å². The Hall–Kier alpha value is -1.92. The number of nitrogens with zero attached hydrogens (tertiary/aromatic N) is 2. The summed E-state index contributed by atoms with van der Waals surface area (Å²) < 4.78 is 26.8. The van der Waals surface area contributed by atoms with E-state index in [1.807, 2.05) is 24.4 Å². The van der Waals surface area contributed by atoms with Crippen molar-refractivity contribution in [2.75, 3.05) is 0 Å². The van der Waals surface area contributed by atoms with Crippen LogP contribution in [0.5, 0.6) is 0 Å². The quantitative estimate of drug-likeness (QED) is 0.806. The maximum atomic E-state index is 12.8.